The second-order valence-electron chi connectivity index (χ2n) is 7.55. The average Bonchev–Trinajstić information content (AvgIpc) is 3.00. The molecule has 0 radical (unpaired) electrons. The third-order valence-electron chi connectivity index (χ3n) is 5.69. The van der Waals surface area contributed by atoms with Crippen LogP contribution in [0.1, 0.15) is 35.4 Å². The summed E-state index contributed by atoms with van der Waals surface area (Å²) in [4.78, 5) is 26.5. The molecule has 2 N–H and O–H groups in total. The quantitative estimate of drug-likeness (QED) is 0.788. The number of nitrogens with zero attached hydrogens (tertiary/aromatic N) is 2. The van der Waals surface area contributed by atoms with E-state index in [0.717, 1.165) is 16.8 Å². The van der Waals surface area contributed by atoms with E-state index < -0.39 is 17.5 Å². The Bertz CT molecular complexity index is 828. The number of aliphatic carboxylic acids is 1. The Morgan fingerprint density at radius 1 is 1.29 bits per heavy atom. The van der Waals surface area contributed by atoms with E-state index in [2.05, 4.69) is 5.16 Å². The molecular formula is C21H26N2O5. The fourth-order valence-corrected chi connectivity index (χ4v) is 3.96. The van der Waals surface area contributed by atoms with E-state index in [4.69, 9.17) is 4.52 Å². The number of hydrogen-bond acceptors (Lipinski definition) is 5. The van der Waals surface area contributed by atoms with Gasteiger partial charge in [0.1, 0.15) is 11.2 Å². The Labute approximate surface area is 163 Å². The van der Waals surface area contributed by atoms with Crippen LogP contribution in [0, 0.1) is 19.3 Å². The molecule has 150 valence electrons. The number of aliphatic hydroxyl groups is 1. The number of aliphatic hydroxyl groups excluding tert-OH is 1. The minimum atomic E-state index is -1.40. The molecule has 1 aromatic heterocycles. The van der Waals surface area contributed by atoms with Gasteiger partial charge in [-0.1, -0.05) is 35.5 Å². The standard InChI is InChI=1S/C21H26N2O5/c1-14-17(15(2)28-22-14)8-9-19(25)23-11-10-18(24)21(13-23,20(26)27)12-16-6-4-3-5-7-16/h3-7,18,24H,8-13H2,1-2H3,(H,26,27)/t18-,21-/m1/s1. The van der Waals surface area contributed by atoms with Gasteiger partial charge in [0.15, 0.2) is 0 Å². The van der Waals surface area contributed by atoms with Crippen molar-refractivity contribution in [2.24, 2.45) is 5.41 Å². The number of carboxylic acids is 1. The number of likely N-dealkylation sites (tertiary alicyclic amines) is 1. The molecule has 1 aromatic carbocycles. The number of carbonyl (C=O) groups excluding carboxylic acids is 1. The molecule has 2 heterocycles. The first-order valence-corrected chi connectivity index (χ1v) is 9.48. The topological polar surface area (TPSA) is 104 Å². The van der Waals surface area contributed by atoms with Crippen LogP contribution in [0.15, 0.2) is 34.9 Å². The summed E-state index contributed by atoms with van der Waals surface area (Å²) in [5.41, 5.74) is 1.11. The van der Waals surface area contributed by atoms with Crippen LogP contribution in [0.4, 0.5) is 0 Å². The summed E-state index contributed by atoms with van der Waals surface area (Å²) >= 11 is 0. The molecule has 0 aliphatic carbocycles. The molecule has 0 saturated carbocycles. The minimum Gasteiger partial charge on any atom is -0.481 e. The molecular weight excluding hydrogens is 360 g/mol. The van der Waals surface area contributed by atoms with Crippen molar-refractivity contribution in [3.63, 3.8) is 0 Å². The lowest BCUT2D eigenvalue weighted by Crippen LogP contribution is -2.58. The third-order valence-corrected chi connectivity index (χ3v) is 5.69. The summed E-state index contributed by atoms with van der Waals surface area (Å²) in [6.07, 6.45) is 0.170. The molecule has 28 heavy (non-hydrogen) atoms. The van der Waals surface area contributed by atoms with Gasteiger partial charge in [-0.2, -0.15) is 0 Å². The van der Waals surface area contributed by atoms with Crippen LogP contribution in [0.25, 0.3) is 0 Å². The number of aryl methyl sites for hydroxylation is 2. The van der Waals surface area contributed by atoms with Crippen LogP contribution in [0.5, 0.6) is 0 Å². The molecule has 2 aromatic rings. The minimum absolute atomic E-state index is 0.00116. The number of rotatable bonds is 6. The Hall–Kier alpha value is -2.67. The number of carboxylic acid groups (broad SMARTS) is 1. The van der Waals surface area contributed by atoms with Crippen molar-refractivity contribution < 1.29 is 24.3 Å². The first kappa shape index (κ1) is 20.1. The van der Waals surface area contributed by atoms with E-state index in [-0.39, 0.29) is 31.7 Å². The van der Waals surface area contributed by atoms with Gasteiger partial charge in [-0.3, -0.25) is 9.59 Å². The number of benzene rings is 1. The van der Waals surface area contributed by atoms with Crippen molar-refractivity contribution in [3.05, 3.63) is 52.9 Å². The first-order chi connectivity index (χ1) is 13.3. The second-order valence-corrected chi connectivity index (χ2v) is 7.55. The van der Waals surface area contributed by atoms with Gasteiger partial charge in [0.05, 0.1) is 11.8 Å². The number of hydrogen-bond donors (Lipinski definition) is 2. The van der Waals surface area contributed by atoms with Gasteiger partial charge in [0.2, 0.25) is 5.91 Å². The SMILES string of the molecule is Cc1noc(C)c1CCC(=O)N1CC[C@@H](O)[C@](Cc2ccccc2)(C(=O)O)C1. The summed E-state index contributed by atoms with van der Waals surface area (Å²) in [5, 5.41) is 24.4. The van der Waals surface area contributed by atoms with Gasteiger partial charge in [0.25, 0.3) is 0 Å². The number of amides is 1. The Balaban J connectivity index is 1.74. The molecule has 0 bridgehead atoms. The van der Waals surface area contributed by atoms with Crippen molar-refractivity contribution >= 4 is 11.9 Å². The molecule has 0 unspecified atom stereocenters. The summed E-state index contributed by atoms with van der Waals surface area (Å²) < 4.78 is 5.13. The van der Waals surface area contributed by atoms with Gasteiger partial charge in [-0.25, -0.2) is 0 Å². The lowest BCUT2D eigenvalue weighted by atomic mass is 9.72. The molecule has 3 rings (SSSR count). The molecule has 7 nitrogen and oxygen atoms in total. The first-order valence-electron chi connectivity index (χ1n) is 9.48. The van der Waals surface area contributed by atoms with Crippen molar-refractivity contribution in [2.75, 3.05) is 13.1 Å². The zero-order valence-corrected chi connectivity index (χ0v) is 16.2. The fraction of sp³-hybridized carbons (Fsp3) is 0.476. The van der Waals surface area contributed by atoms with Crippen LogP contribution in [0.2, 0.25) is 0 Å². The van der Waals surface area contributed by atoms with E-state index in [1.165, 1.54) is 0 Å². The molecule has 1 saturated heterocycles. The van der Waals surface area contributed by atoms with Crippen LogP contribution in [-0.2, 0) is 22.4 Å². The molecule has 1 aliphatic heterocycles. The maximum Gasteiger partial charge on any atom is 0.314 e. The van der Waals surface area contributed by atoms with Crippen LogP contribution >= 0.6 is 0 Å². The van der Waals surface area contributed by atoms with Crippen molar-refractivity contribution in [2.45, 2.75) is 45.6 Å². The average molecular weight is 386 g/mol. The molecule has 1 fully saturated rings. The number of carbonyl (C=O) groups is 2. The van der Waals surface area contributed by atoms with E-state index in [9.17, 15) is 19.8 Å². The Morgan fingerprint density at radius 2 is 2.00 bits per heavy atom. The number of piperidine rings is 1. The van der Waals surface area contributed by atoms with Gasteiger partial charge in [-0.05, 0) is 38.7 Å². The van der Waals surface area contributed by atoms with Crippen molar-refractivity contribution in [1.82, 2.24) is 10.1 Å². The van der Waals surface area contributed by atoms with Gasteiger partial charge >= 0.3 is 5.97 Å². The summed E-state index contributed by atoms with van der Waals surface area (Å²) in [6.45, 7) is 4.00. The molecule has 7 heteroatoms. The van der Waals surface area contributed by atoms with Crippen LogP contribution in [-0.4, -0.2) is 51.3 Å². The van der Waals surface area contributed by atoms with E-state index >= 15 is 0 Å². The maximum absolute atomic E-state index is 12.8. The molecule has 1 aliphatic rings. The maximum atomic E-state index is 12.8. The number of aromatic nitrogens is 1. The predicted octanol–water partition coefficient (Wildman–Crippen LogP) is 2.13. The smallest absolute Gasteiger partial charge is 0.314 e. The monoisotopic (exact) mass is 386 g/mol. The Morgan fingerprint density at radius 3 is 2.61 bits per heavy atom. The summed E-state index contributed by atoms with van der Waals surface area (Å²) in [6, 6.07) is 9.23. The molecule has 1 amide bonds. The highest BCUT2D eigenvalue weighted by atomic mass is 16.5. The van der Waals surface area contributed by atoms with Gasteiger partial charge < -0.3 is 19.6 Å². The normalized spacial score (nSPS) is 22.2. The van der Waals surface area contributed by atoms with Crippen LogP contribution < -0.4 is 0 Å². The summed E-state index contributed by atoms with van der Waals surface area (Å²) in [7, 11) is 0. The van der Waals surface area contributed by atoms with Gasteiger partial charge in [-0.15, -0.1) is 0 Å². The fourth-order valence-electron chi connectivity index (χ4n) is 3.96. The van der Waals surface area contributed by atoms with Crippen LogP contribution in [0.3, 0.4) is 0 Å². The van der Waals surface area contributed by atoms with Crippen molar-refractivity contribution in [1.29, 1.82) is 0 Å². The van der Waals surface area contributed by atoms with Gasteiger partial charge in [0, 0.05) is 25.1 Å². The lowest BCUT2D eigenvalue weighted by Gasteiger charge is -2.43. The largest absolute Gasteiger partial charge is 0.481 e. The highest BCUT2D eigenvalue weighted by Crippen LogP contribution is 2.35. The third kappa shape index (κ3) is 3.94. The zero-order chi connectivity index (χ0) is 20.3. The zero-order valence-electron chi connectivity index (χ0n) is 16.2. The Kier molecular flexibility index (Phi) is 5.84. The highest BCUT2D eigenvalue weighted by Gasteiger charge is 2.50. The van der Waals surface area contributed by atoms with E-state index in [0.29, 0.717) is 18.7 Å². The van der Waals surface area contributed by atoms with Crippen molar-refractivity contribution in [3.8, 4) is 0 Å². The second kappa shape index (κ2) is 8.14. The summed E-state index contributed by atoms with van der Waals surface area (Å²) in [5.74, 6) is -0.499. The van der Waals surface area contributed by atoms with E-state index in [1.54, 1.807) is 4.90 Å². The lowest BCUT2D eigenvalue weighted by molar-refractivity contribution is -0.165. The highest BCUT2D eigenvalue weighted by molar-refractivity contribution is 5.80. The molecule has 2 atom stereocenters. The molecule has 0 spiro atoms. The predicted molar refractivity (Wildman–Crippen MR) is 102 cm³/mol. The van der Waals surface area contributed by atoms with E-state index in [1.807, 2.05) is 44.2 Å².